The maximum Gasteiger partial charge on any atom is 0.258 e. The Labute approximate surface area is 123 Å². The van der Waals surface area contributed by atoms with Crippen molar-refractivity contribution in [2.45, 2.75) is 0 Å². The van der Waals surface area contributed by atoms with Crippen molar-refractivity contribution in [1.82, 2.24) is 0 Å². The molecule has 1 amide bonds. The molecule has 0 aromatic heterocycles. The fourth-order valence-corrected chi connectivity index (χ4v) is 1.92. The zero-order chi connectivity index (χ0) is 14.5. The number of carbonyl (C=O) groups is 1. The first-order valence-corrected chi connectivity index (χ1v) is 6.48. The van der Waals surface area contributed by atoms with Gasteiger partial charge in [0.2, 0.25) is 0 Å². The molecule has 2 rings (SSSR count). The fraction of sp³-hybridized carbons (Fsp3) is 0.0667. The number of benzene rings is 2. The van der Waals surface area contributed by atoms with Gasteiger partial charge in [-0.15, -0.1) is 0 Å². The van der Waals surface area contributed by atoms with E-state index in [9.17, 15) is 4.79 Å². The summed E-state index contributed by atoms with van der Waals surface area (Å²) in [6.07, 6.45) is 0. The average molecular weight is 285 g/mol. The van der Waals surface area contributed by atoms with Crippen molar-refractivity contribution in [3.8, 4) is 0 Å². The first kappa shape index (κ1) is 14.0. The zero-order valence-corrected chi connectivity index (χ0v) is 11.9. The van der Waals surface area contributed by atoms with Crippen LogP contribution in [0, 0.1) is 0 Å². The first-order valence-electron chi connectivity index (χ1n) is 6.07. The van der Waals surface area contributed by atoms with Gasteiger partial charge in [-0.2, -0.15) is 0 Å². The van der Waals surface area contributed by atoms with Crippen molar-refractivity contribution in [3.05, 3.63) is 60.2 Å². The third-order valence-electron chi connectivity index (χ3n) is 2.85. The van der Waals surface area contributed by atoms with Crippen molar-refractivity contribution >= 4 is 34.6 Å². The third kappa shape index (κ3) is 3.33. The van der Waals surface area contributed by atoms with Gasteiger partial charge in [0.25, 0.3) is 5.91 Å². The van der Waals surface area contributed by atoms with Crippen LogP contribution >= 0.6 is 12.2 Å². The molecule has 0 fully saturated rings. The Morgan fingerprint density at radius 3 is 2.25 bits per heavy atom. The lowest BCUT2D eigenvalue weighted by atomic mass is 10.2. The van der Waals surface area contributed by atoms with Gasteiger partial charge in [-0.3, -0.25) is 4.79 Å². The van der Waals surface area contributed by atoms with E-state index in [4.69, 9.17) is 18.0 Å². The molecule has 3 N–H and O–H groups in total. The molecule has 0 heterocycles. The monoisotopic (exact) mass is 285 g/mol. The van der Waals surface area contributed by atoms with Crippen LogP contribution in [0.2, 0.25) is 0 Å². The summed E-state index contributed by atoms with van der Waals surface area (Å²) in [5.74, 6) is -0.0549. The lowest BCUT2D eigenvalue weighted by Gasteiger charge is -2.18. The van der Waals surface area contributed by atoms with Crippen molar-refractivity contribution in [1.29, 1.82) is 0 Å². The van der Waals surface area contributed by atoms with Crippen LogP contribution in [0.4, 0.5) is 11.4 Å². The molecule has 2 aromatic carbocycles. The number of thiocarbonyl (C=S) groups is 1. The second-order valence-electron chi connectivity index (χ2n) is 4.27. The van der Waals surface area contributed by atoms with Gasteiger partial charge in [-0.25, -0.2) is 0 Å². The highest BCUT2D eigenvalue weighted by Gasteiger charge is 2.12. The molecular weight excluding hydrogens is 270 g/mol. The highest BCUT2D eigenvalue weighted by molar-refractivity contribution is 7.80. The number of nitrogens with one attached hydrogen (secondary N) is 1. The summed E-state index contributed by atoms with van der Waals surface area (Å²) in [7, 11) is 1.74. The molecule has 0 aliphatic heterocycles. The molecule has 20 heavy (non-hydrogen) atoms. The smallest absolute Gasteiger partial charge is 0.258 e. The predicted octanol–water partition coefficient (Wildman–Crippen LogP) is 2.62. The van der Waals surface area contributed by atoms with Crippen LogP contribution in [0.5, 0.6) is 0 Å². The second-order valence-corrected chi connectivity index (χ2v) is 4.71. The van der Waals surface area contributed by atoms with Gasteiger partial charge >= 0.3 is 0 Å². The maximum absolute atomic E-state index is 12.3. The molecule has 0 aliphatic carbocycles. The van der Waals surface area contributed by atoms with E-state index in [2.05, 4.69) is 5.32 Å². The van der Waals surface area contributed by atoms with E-state index in [1.54, 1.807) is 24.1 Å². The molecule has 5 heteroatoms. The molecule has 0 bridgehead atoms. The molecule has 2 aromatic rings. The van der Waals surface area contributed by atoms with Crippen LogP contribution < -0.4 is 16.0 Å². The number of nitrogens with zero attached hydrogens (tertiary/aromatic N) is 1. The largest absolute Gasteiger partial charge is 0.376 e. The Bertz CT molecular complexity index is 611. The normalized spacial score (nSPS) is 9.85. The van der Waals surface area contributed by atoms with Gasteiger partial charge < -0.3 is 16.0 Å². The van der Waals surface area contributed by atoms with Crippen LogP contribution in [-0.2, 0) is 0 Å². The number of rotatable bonds is 3. The number of nitrogens with two attached hydrogens (primary N) is 1. The summed E-state index contributed by atoms with van der Waals surface area (Å²) in [5.41, 5.74) is 7.65. The fourth-order valence-electron chi connectivity index (χ4n) is 1.80. The minimum Gasteiger partial charge on any atom is -0.376 e. The van der Waals surface area contributed by atoms with E-state index < -0.39 is 0 Å². The van der Waals surface area contributed by atoms with Crippen molar-refractivity contribution in [2.75, 3.05) is 17.3 Å². The summed E-state index contributed by atoms with van der Waals surface area (Å²) in [6, 6.07) is 16.5. The number of anilines is 2. The molecule has 0 unspecified atom stereocenters. The number of hydrogen-bond acceptors (Lipinski definition) is 2. The van der Waals surface area contributed by atoms with Crippen molar-refractivity contribution < 1.29 is 4.79 Å². The van der Waals surface area contributed by atoms with Crippen molar-refractivity contribution in [2.24, 2.45) is 5.73 Å². The number of amides is 1. The van der Waals surface area contributed by atoms with Crippen LogP contribution in [0.25, 0.3) is 0 Å². The summed E-state index contributed by atoms with van der Waals surface area (Å²) >= 11 is 4.77. The molecule has 102 valence electrons. The predicted molar refractivity (Wildman–Crippen MR) is 86.0 cm³/mol. The molecular formula is C15H15N3OS. The second kappa shape index (κ2) is 6.16. The summed E-state index contributed by atoms with van der Waals surface area (Å²) in [4.78, 5) is 13.9. The van der Waals surface area contributed by atoms with E-state index in [0.29, 0.717) is 5.56 Å². The highest BCUT2D eigenvalue weighted by Crippen LogP contribution is 2.18. The molecule has 0 radical (unpaired) electrons. The summed E-state index contributed by atoms with van der Waals surface area (Å²) in [6.45, 7) is 0. The molecule has 0 saturated carbocycles. The van der Waals surface area contributed by atoms with Crippen molar-refractivity contribution in [3.63, 3.8) is 0 Å². The van der Waals surface area contributed by atoms with Gasteiger partial charge in [0.15, 0.2) is 5.11 Å². The Morgan fingerprint density at radius 1 is 1.10 bits per heavy atom. The van der Waals surface area contributed by atoms with Gasteiger partial charge in [0.05, 0.1) is 0 Å². The van der Waals surface area contributed by atoms with Gasteiger partial charge in [-0.05, 0) is 48.6 Å². The third-order valence-corrected chi connectivity index (χ3v) is 2.95. The van der Waals surface area contributed by atoms with Crippen LogP contribution in [0.3, 0.4) is 0 Å². The van der Waals surface area contributed by atoms with Crippen LogP contribution in [-0.4, -0.2) is 18.1 Å². The topological polar surface area (TPSA) is 58.4 Å². The van der Waals surface area contributed by atoms with E-state index in [1.807, 2.05) is 42.5 Å². The molecule has 0 saturated heterocycles. The Hall–Kier alpha value is -2.40. The number of carbonyl (C=O) groups excluding carboxylic acids is 1. The lowest BCUT2D eigenvalue weighted by Crippen LogP contribution is -2.26. The first-order chi connectivity index (χ1) is 9.58. The Morgan fingerprint density at radius 2 is 1.70 bits per heavy atom. The van der Waals surface area contributed by atoms with Crippen LogP contribution in [0.1, 0.15) is 10.4 Å². The Kier molecular flexibility index (Phi) is 4.32. The summed E-state index contributed by atoms with van der Waals surface area (Å²) in [5, 5.41) is 3.05. The minimum atomic E-state index is -0.0549. The summed E-state index contributed by atoms with van der Waals surface area (Å²) < 4.78 is 0. The molecule has 0 aliphatic rings. The molecule has 4 nitrogen and oxygen atoms in total. The standard InChI is InChI=1S/C15H15N3OS/c1-18(14(19)11-5-3-2-4-6-11)13-9-7-12(8-10-13)17-15(16)20/h2-10H,1H3,(H3,16,17,20). The number of hydrogen-bond donors (Lipinski definition) is 2. The highest BCUT2D eigenvalue weighted by atomic mass is 32.1. The van der Waals surface area contributed by atoms with Gasteiger partial charge in [0, 0.05) is 24.0 Å². The quantitative estimate of drug-likeness (QED) is 0.851. The minimum absolute atomic E-state index is 0.0549. The van der Waals surface area contributed by atoms with E-state index >= 15 is 0 Å². The van der Waals surface area contributed by atoms with E-state index in [-0.39, 0.29) is 11.0 Å². The van der Waals surface area contributed by atoms with E-state index in [0.717, 1.165) is 11.4 Å². The Balaban J connectivity index is 2.15. The van der Waals surface area contributed by atoms with E-state index in [1.165, 1.54) is 0 Å². The zero-order valence-electron chi connectivity index (χ0n) is 11.0. The SMILES string of the molecule is CN(C(=O)c1ccccc1)c1ccc(NC(N)=S)cc1. The molecule has 0 atom stereocenters. The molecule has 0 spiro atoms. The average Bonchev–Trinajstić information content (AvgIpc) is 2.47. The maximum atomic E-state index is 12.3. The van der Waals surface area contributed by atoms with Gasteiger partial charge in [0.1, 0.15) is 0 Å². The van der Waals surface area contributed by atoms with Gasteiger partial charge in [-0.1, -0.05) is 18.2 Å². The lowest BCUT2D eigenvalue weighted by molar-refractivity contribution is 0.0993. The van der Waals surface area contributed by atoms with Crippen LogP contribution in [0.15, 0.2) is 54.6 Å².